The van der Waals surface area contributed by atoms with E-state index in [1.54, 1.807) is 36.4 Å². The predicted octanol–water partition coefficient (Wildman–Crippen LogP) is 3.55. The van der Waals surface area contributed by atoms with Crippen molar-refractivity contribution < 1.29 is 28.7 Å². The average molecular weight is 406 g/mol. The highest BCUT2D eigenvalue weighted by molar-refractivity contribution is 7.17. The first kappa shape index (κ1) is 18.8. The number of rotatable bonds is 4. The molecule has 0 amide bonds. The summed E-state index contributed by atoms with van der Waals surface area (Å²) in [5, 5.41) is 0. The van der Waals surface area contributed by atoms with Gasteiger partial charge in [0.25, 0.3) is 0 Å². The molecule has 0 saturated carbocycles. The van der Waals surface area contributed by atoms with Crippen LogP contribution in [0.4, 0.5) is 0 Å². The first-order valence-electron chi connectivity index (χ1n) is 8.60. The molecule has 4 rings (SSSR count). The highest BCUT2D eigenvalue weighted by Gasteiger charge is 2.39. The Morgan fingerprint density at radius 2 is 1.48 bits per heavy atom. The van der Waals surface area contributed by atoms with E-state index in [9.17, 15) is 19.2 Å². The molecule has 7 heteroatoms. The molecule has 3 aromatic rings. The maximum Gasteiger partial charge on any atom is 0.348 e. The molecule has 0 atom stereocenters. The molecular formula is C22H14O6S. The Hall–Kier alpha value is -3.58. The molecule has 0 aliphatic heterocycles. The van der Waals surface area contributed by atoms with Gasteiger partial charge in [-0.25, -0.2) is 4.79 Å². The second-order valence-corrected chi connectivity index (χ2v) is 7.26. The number of fused-ring (bicyclic) bond motifs is 2. The van der Waals surface area contributed by atoms with Gasteiger partial charge in [0.05, 0.1) is 35.8 Å². The Bertz CT molecular complexity index is 1200. The lowest BCUT2D eigenvalue weighted by molar-refractivity contribution is 0.0603. The van der Waals surface area contributed by atoms with Crippen molar-refractivity contribution >= 4 is 34.7 Å². The first-order valence-corrected chi connectivity index (χ1v) is 9.42. The van der Waals surface area contributed by atoms with Crippen molar-refractivity contribution in [3.05, 3.63) is 86.1 Å². The van der Waals surface area contributed by atoms with Crippen molar-refractivity contribution in [3.8, 4) is 5.75 Å². The van der Waals surface area contributed by atoms with Gasteiger partial charge in [0.1, 0.15) is 10.6 Å². The fourth-order valence-electron chi connectivity index (χ4n) is 3.36. The molecule has 0 radical (unpaired) electrons. The van der Waals surface area contributed by atoms with Crippen molar-refractivity contribution in [2.24, 2.45) is 0 Å². The summed E-state index contributed by atoms with van der Waals surface area (Å²) < 4.78 is 10.1. The number of hydrogen-bond acceptors (Lipinski definition) is 7. The Morgan fingerprint density at radius 1 is 0.862 bits per heavy atom. The summed E-state index contributed by atoms with van der Waals surface area (Å²) >= 11 is 0.800. The fourth-order valence-corrected chi connectivity index (χ4v) is 4.53. The molecule has 6 nitrogen and oxygen atoms in total. The van der Waals surface area contributed by atoms with Crippen LogP contribution in [-0.2, 0) is 4.74 Å². The first-order chi connectivity index (χ1) is 14.0. The van der Waals surface area contributed by atoms with Crippen LogP contribution in [0, 0.1) is 0 Å². The number of thiophene rings is 1. The van der Waals surface area contributed by atoms with E-state index in [-0.39, 0.29) is 37.6 Å². The summed E-state index contributed by atoms with van der Waals surface area (Å²) in [6.07, 6.45) is 0. The van der Waals surface area contributed by atoms with Gasteiger partial charge in [-0.05, 0) is 12.1 Å². The van der Waals surface area contributed by atoms with E-state index in [1.807, 2.05) is 0 Å². The largest absolute Gasteiger partial charge is 0.496 e. The summed E-state index contributed by atoms with van der Waals surface area (Å²) in [6.45, 7) is 0. The number of hydrogen-bond donors (Lipinski definition) is 0. The van der Waals surface area contributed by atoms with Crippen LogP contribution in [-0.4, -0.2) is 37.5 Å². The topological polar surface area (TPSA) is 86.7 Å². The minimum absolute atomic E-state index is 0.0602. The molecule has 0 N–H and O–H groups in total. The van der Waals surface area contributed by atoms with Crippen LogP contribution in [0.3, 0.4) is 0 Å². The Labute approximate surface area is 169 Å². The van der Waals surface area contributed by atoms with Crippen molar-refractivity contribution in [2.45, 2.75) is 0 Å². The molecular weight excluding hydrogens is 392 g/mol. The quantitative estimate of drug-likeness (QED) is 0.381. The molecule has 0 fully saturated rings. The van der Waals surface area contributed by atoms with Gasteiger partial charge in [-0.2, -0.15) is 0 Å². The van der Waals surface area contributed by atoms with E-state index in [1.165, 1.54) is 26.4 Å². The monoisotopic (exact) mass is 406 g/mol. The number of esters is 1. The second-order valence-electron chi connectivity index (χ2n) is 6.24. The highest BCUT2D eigenvalue weighted by Crippen LogP contribution is 2.39. The maximum absolute atomic E-state index is 13.4. The Morgan fingerprint density at radius 3 is 2.14 bits per heavy atom. The standard InChI is InChI=1S/C22H14O6S/c1-27-14-10-6-5-9-13(14)18(24)16-15-17(23)11-7-3-4-8-12(11)19(25)20(15)29-21(16)22(26)28-2/h3-10H,1-2H3. The molecule has 0 saturated heterocycles. The van der Waals surface area contributed by atoms with Crippen LogP contribution in [0.1, 0.15) is 56.7 Å². The molecule has 144 valence electrons. The van der Waals surface area contributed by atoms with Gasteiger partial charge >= 0.3 is 5.97 Å². The molecule has 1 aromatic heterocycles. The number of carbonyl (C=O) groups excluding carboxylic acids is 4. The minimum atomic E-state index is -0.785. The lowest BCUT2D eigenvalue weighted by Crippen LogP contribution is -2.22. The van der Waals surface area contributed by atoms with Crippen LogP contribution in [0.2, 0.25) is 0 Å². The van der Waals surface area contributed by atoms with Crippen LogP contribution >= 0.6 is 11.3 Å². The highest BCUT2D eigenvalue weighted by atomic mass is 32.1. The summed E-state index contributed by atoms with van der Waals surface area (Å²) in [4.78, 5) is 52.0. The Kier molecular flexibility index (Phi) is 4.60. The smallest absolute Gasteiger partial charge is 0.348 e. The van der Waals surface area contributed by atoms with E-state index in [4.69, 9.17) is 9.47 Å². The van der Waals surface area contributed by atoms with Gasteiger partial charge in [-0.1, -0.05) is 36.4 Å². The summed E-state index contributed by atoms with van der Waals surface area (Å²) in [5.74, 6) is -1.94. The van der Waals surface area contributed by atoms with Crippen molar-refractivity contribution in [1.82, 2.24) is 0 Å². The van der Waals surface area contributed by atoms with Crippen LogP contribution in [0.5, 0.6) is 5.75 Å². The fraction of sp³-hybridized carbons (Fsp3) is 0.0909. The molecule has 0 unspecified atom stereocenters. The third kappa shape index (κ3) is 2.78. The number of ether oxygens (including phenoxy) is 2. The zero-order valence-corrected chi connectivity index (χ0v) is 16.3. The van der Waals surface area contributed by atoms with Crippen molar-refractivity contribution in [2.75, 3.05) is 14.2 Å². The molecule has 2 aromatic carbocycles. The molecule has 1 aliphatic carbocycles. The zero-order chi connectivity index (χ0) is 20.7. The number of carbonyl (C=O) groups is 4. The average Bonchev–Trinajstić information content (AvgIpc) is 3.17. The summed E-state index contributed by atoms with van der Waals surface area (Å²) in [6, 6.07) is 12.9. The van der Waals surface area contributed by atoms with E-state index in [0.717, 1.165) is 11.3 Å². The number of benzene rings is 2. The molecule has 29 heavy (non-hydrogen) atoms. The molecule has 0 spiro atoms. The predicted molar refractivity (Wildman–Crippen MR) is 105 cm³/mol. The molecule has 0 bridgehead atoms. The van der Waals surface area contributed by atoms with Gasteiger partial charge in [-0.3, -0.25) is 14.4 Å². The number of ketones is 3. The number of para-hydroxylation sites is 1. The second kappa shape index (κ2) is 7.10. The van der Waals surface area contributed by atoms with Gasteiger partial charge in [-0.15, -0.1) is 11.3 Å². The van der Waals surface area contributed by atoms with Crippen LogP contribution in [0.25, 0.3) is 0 Å². The van der Waals surface area contributed by atoms with E-state index >= 15 is 0 Å². The van der Waals surface area contributed by atoms with E-state index in [0.29, 0.717) is 5.75 Å². The normalized spacial score (nSPS) is 12.2. The van der Waals surface area contributed by atoms with Gasteiger partial charge in [0, 0.05) is 11.1 Å². The lowest BCUT2D eigenvalue weighted by Gasteiger charge is -2.15. The van der Waals surface area contributed by atoms with Crippen LogP contribution in [0.15, 0.2) is 48.5 Å². The van der Waals surface area contributed by atoms with Crippen LogP contribution < -0.4 is 4.74 Å². The minimum Gasteiger partial charge on any atom is -0.496 e. The third-order valence-corrected chi connectivity index (χ3v) is 5.88. The van der Waals surface area contributed by atoms with Gasteiger partial charge in [0.2, 0.25) is 5.78 Å². The van der Waals surface area contributed by atoms with Gasteiger partial charge in [0.15, 0.2) is 11.6 Å². The summed E-state index contributed by atoms with van der Waals surface area (Å²) in [5.41, 5.74) is 0.441. The Balaban J connectivity index is 2.01. The van der Waals surface area contributed by atoms with E-state index in [2.05, 4.69) is 0 Å². The van der Waals surface area contributed by atoms with Gasteiger partial charge < -0.3 is 9.47 Å². The number of methoxy groups -OCH3 is 2. The zero-order valence-electron chi connectivity index (χ0n) is 15.5. The van der Waals surface area contributed by atoms with Crippen molar-refractivity contribution in [1.29, 1.82) is 0 Å². The maximum atomic E-state index is 13.4. The van der Waals surface area contributed by atoms with E-state index < -0.39 is 23.3 Å². The third-order valence-electron chi connectivity index (χ3n) is 4.71. The van der Waals surface area contributed by atoms with Crippen molar-refractivity contribution in [3.63, 3.8) is 0 Å². The molecule has 1 heterocycles. The lowest BCUT2D eigenvalue weighted by atomic mass is 9.85. The SMILES string of the molecule is COC(=O)c1sc2c(c1C(=O)c1ccccc1OC)C(=O)c1ccccc1C2=O. The molecule has 1 aliphatic rings. The summed E-state index contributed by atoms with van der Waals surface area (Å²) in [7, 11) is 2.60.